The van der Waals surface area contributed by atoms with Gasteiger partial charge < -0.3 is 15.0 Å². The van der Waals surface area contributed by atoms with Crippen LogP contribution >= 0.6 is 0 Å². The molecule has 8 nitrogen and oxygen atoms in total. The third kappa shape index (κ3) is 8.48. The minimum atomic E-state index is -4.17. The molecule has 2 amide bonds. The van der Waals surface area contributed by atoms with E-state index in [0.717, 1.165) is 28.3 Å². The Morgan fingerprint density at radius 1 is 0.795 bits per heavy atom. The van der Waals surface area contributed by atoms with Crippen LogP contribution in [0.25, 0.3) is 0 Å². The van der Waals surface area contributed by atoms with Gasteiger partial charge >= 0.3 is 0 Å². The molecule has 0 unspecified atom stereocenters. The summed E-state index contributed by atoms with van der Waals surface area (Å²) in [5.41, 5.74) is 2.05. The molecule has 0 aliphatic heterocycles. The maximum atomic E-state index is 14.4. The monoisotopic (exact) mass is 613 g/mol. The van der Waals surface area contributed by atoms with Crippen molar-refractivity contribution in [2.75, 3.05) is 24.5 Å². The summed E-state index contributed by atoms with van der Waals surface area (Å²) in [7, 11) is -2.67. The number of nitrogens with zero attached hydrogens (tertiary/aromatic N) is 2. The van der Waals surface area contributed by atoms with Crippen molar-refractivity contribution in [1.29, 1.82) is 0 Å². The molecule has 0 bridgehead atoms. The molecule has 9 heteroatoms. The molecule has 230 valence electrons. The number of nitrogens with one attached hydrogen (secondary N) is 1. The van der Waals surface area contributed by atoms with Gasteiger partial charge in [-0.25, -0.2) is 8.42 Å². The SMILES string of the molecule is CCCCNC(=O)[C@@H](Cc1ccccc1)N(Cc1ccccc1)C(=O)CN(c1ccccc1)S(=O)(=O)c1ccc(OC)cc1. The average molecular weight is 614 g/mol. The number of carbonyl (C=O) groups excluding carboxylic acids is 2. The fourth-order valence-electron chi connectivity index (χ4n) is 4.84. The third-order valence-corrected chi connectivity index (χ3v) is 9.05. The van der Waals surface area contributed by atoms with Crippen molar-refractivity contribution in [3.63, 3.8) is 0 Å². The molecular weight excluding hydrogens is 574 g/mol. The van der Waals surface area contributed by atoms with Crippen LogP contribution in [0.5, 0.6) is 5.75 Å². The Kier molecular flexibility index (Phi) is 11.5. The largest absolute Gasteiger partial charge is 0.497 e. The molecule has 1 N–H and O–H groups in total. The summed E-state index contributed by atoms with van der Waals surface area (Å²) in [5, 5.41) is 3.00. The number of methoxy groups -OCH3 is 1. The predicted octanol–water partition coefficient (Wildman–Crippen LogP) is 5.45. The number of rotatable bonds is 15. The van der Waals surface area contributed by atoms with Gasteiger partial charge in [-0.1, -0.05) is 92.2 Å². The quantitative estimate of drug-likeness (QED) is 0.180. The summed E-state index contributed by atoms with van der Waals surface area (Å²) in [6.45, 7) is 2.15. The van der Waals surface area contributed by atoms with E-state index in [1.54, 1.807) is 42.5 Å². The number of anilines is 1. The zero-order valence-electron chi connectivity index (χ0n) is 25.1. The average Bonchev–Trinajstić information content (AvgIpc) is 3.06. The number of unbranched alkanes of at least 4 members (excludes halogenated alkanes) is 1. The highest BCUT2D eigenvalue weighted by molar-refractivity contribution is 7.92. The molecule has 4 aromatic rings. The molecule has 0 spiro atoms. The number of para-hydroxylation sites is 1. The second-order valence-electron chi connectivity index (χ2n) is 10.4. The van der Waals surface area contributed by atoms with Crippen molar-refractivity contribution in [3.05, 3.63) is 126 Å². The van der Waals surface area contributed by atoms with Crippen LogP contribution in [-0.4, -0.2) is 51.4 Å². The standard InChI is InChI=1S/C35H39N3O5S/c1-3-4-24-36-35(40)33(25-28-14-8-5-9-15-28)37(26-29-16-10-6-11-17-29)34(39)27-38(30-18-12-7-13-19-30)44(41,42)32-22-20-31(43-2)21-23-32/h5-23,33H,3-4,24-27H2,1-2H3,(H,36,40)/t33-/m1/s1. The highest BCUT2D eigenvalue weighted by atomic mass is 32.2. The molecule has 0 saturated carbocycles. The number of sulfonamides is 1. The summed E-state index contributed by atoms with van der Waals surface area (Å²) >= 11 is 0. The van der Waals surface area contributed by atoms with Gasteiger partial charge in [0.15, 0.2) is 0 Å². The fraction of sp³-hybridized carbons (Fsp3) is 0.257. The van der Waals surface area contributed by atoms with E-state index in [9.17, 15) is 18.0 Å². The van der Waals surface area contributed by atoms with E-state index in [1.165, 1.54) is 24.1 Å². The molecule has 4 rings (SSSR count). The summed E-state index contributed by atoms with van der Waals surface area (Å²) in [5.74, 6) is -0.268. The number of benzene rings is 4. The van der Waals surface area contributed by atoms with Crippen LogP contribution in [-0.2, 0) is 32.6 Å². The second kappa shape index (κ2) is 15.7. The van der Waals surface area contributed by atoms with Gasteiger partial charge in [0.25, 0.3) is 10.0 Å². The van der Waals surface area contributed by atoms with Crippen molar-refractivity contribution < 1.29 is 22.7 Å². The van der Waals surface area contributed by atoms with Crippen LogP contribution in [0.4, 0.5) is 5.69 Å². The van der Waals surface area contributed by atoms with Crippen molar-refractivity contribution in [2.24, 2.45) is 0 Å². The first-order valence-corrected chi connectivity index (χ1v) is 16.1. The third-order valence-electron chi connectivity index (χ3n) is 7.27. The first-order chi connectivity index (χ1) is 21.3. The van der Waals surface area contributed by atoms with Gasteiger partial charge in [-0.3, -0.25) is 13.9 Å². The van der Waals surface area contributed by atoms with E-state index in [2.05, 4.69) is 5.32 Å². The van der Waals surface area contributed by atoms with Crippen LogP contribution in [0.1, 0.15) is 30.9 Å². The molecule has 1 atom stereocenters. The number of amides is 2. The molecule has 4 aromatic carbocycles. The Balaban J connectivity index is 1.75. The van der Waals surface area contributed by atoms with Gasteiger partial charge in [-0.2, -0.15) is 0 Å². The Morgan fingerprint density at radius 3 is 1.93 bits per heavy atom. The van der Waals surface area contributed by atoms with Crippen LogP contribution in [0.2, 0.25) is 0 Å². The van der Waals surface area contributed by atoms with Crippen LogP contribution in [0.3, 0.4) is 0 Å². The maximum absolute atomic E-state index is 14.4. The molecule has 0 aliphatic rings. The number of ether oxygens (including phenoxy) is 1. The van der Waals surface area contributed by atoms with Crippen molar-refractivity contribution in [3.8, 4) is 5.75 Å². The first-order valence-electron chi connectivity index (χ1n) is 14.7. The lowest BCUT2D eigenvalue weighted by Gasteiger charge is -2.34. The molecule has 0 heterocycles. The van der Waals surface area contributed by atoms with Gasteiger partial charge in [0, 0.05) is 19.5 Å². The van der Waals surface area contributed by atoms with Crippen LogP contribution in [0, 0.1) is 0 Å². The Bertz CT molecular complexity index is 1580. The van der Waals surface area contributed by atoms with E-state index < -0.39 is 28.5 Å². The molecule has 44 heavy (non-hydrogen) atoms. The van der Waals surface area contributed by atoms with Crippen molar-refractivity contribution >= 4 is 27.5 Å². The van der Waals surface area contributed by atoms with Crippen LogP contribution in [0.15, 0.2) is 120 Å². The van der Waals surface area contributed by atoms with Crippen molar-refractivity contribution in [1.82, 2.24) is 10.2 Å². The van der Waals surface area contributed by atoms with Gasteiger partial charge in [-0.15, -0.1) is 0 Å². The Labute approximate surface area is 260 Å². The Hall–Kier alpha value is -4.63. The van der Waals surface area contributed by atoms with Gasteiger partial charge in [0.1, 0.15) is 18.3 Å². The summed E-state index contributed by atoms with van der Waals surface area (Å²) < 4.78 is 34.4. The predicted molar refractivity (Wildman–Crippen MR) is 173 cm³/mol. The van der Waals surface area contributed by atoms with Crippen LogP contribution < -0.4 is 14.4 Å². The van der Waals surface area contributed by atoms with E-state index in [1.807, 2.05) is 67.6 Å². The molecule has 0 aliphatic carbocycles. The second-order valence-corrected chi connectivity index (χ2v) is 12.2. The summed E-state index contributed by atoms with van der Waals surface area (Å²) in [4.78, 5) is 29.7. The molecule has 0 fully saturated rings. The zero-order valence-corrected chi connectivity index (χ0v) is 26.0. The number of hydrogen-bond donors (Lipinski definition) is 1. The number of carbonyl (C=O) groups is 2. The molecule has 0 radical (unpaired) electrons. The minimum absolute atomic E-state index is 0.0164. The van der Waals surface area contributed by atoms with Gasteiger partial charge in [0.05, 0.1) is 17.7 Å². The van der Waals surface area contributed by atoms with E-state index in [-0.39, 0.29) is 23.8 Å². The van der Waals surface area contributed by atoms with Gasteiger partial charge in [0.2, 0.25) is 11.8 Å². The minimum Gasteiger partial charge on any atom is -0.497 e. The fourth-order valence-corrected chi connectivity index (χ4v) is 6.25. The zero-order chi connectivity index (χ0) is 31.4. The summed E-state index contributed by atoms with van der Waals surface area (Å²) in [6.07, 6.45) is 1.98. The van der Waals surface area contributed by atoms with Gasteiger partial charge in [-0.05, 0) is 53.9 Å². The topological polar surface area (TPSA) is 96.0 Å². The lowest BCUT2D eigenvalue weighted by molar-refractivity contribution is -0.140. The molecule has 0 aromatic heterocycles. The smallest absolute Gasteiger partial charge is 0.264 e. The van der Waals surface area contributed by atoms with Crippen molar-refractivity contribution in [2.45, 2.75) is 43.7 Å². The normalized spacial score (nSPS) is 11.8. The highest BCUT2D eigenvalue weighted by Crippen LogP contribution is 2.26. The lowest BCUT2D eigenvalue weighted by Crippen LogP contribution is -2.53. The lowest BCUT2D eigenvalue weighted by atomic mass is 10.0. The number of hydrogen-bond acceptors (Lipinski definition) is 5. The molecule has 0 saturated heterocycles. The molecular formula is C35H39N3O5S. The highest BCUT2D eigenvalue weighted by Gasteiger charge is 2.34. The summed E-state index contributed by atoms with van der Waals surface area (Å²) in [6, 6.07) is 32.6. The Morgan fingerprint density at radius 2 is 1.36 bits per heavy atom. The first kappa shape index (κ1) is 32.3. The van der Waals surface area contributed by atoms with E-state index >= 15 is 0 Å². The van der Waals surface area contributed by atoms with E-state index in [0.29, 0.717) is 18.0 Å². The maximum Gasteiger partial charge on any atom is 0.264 e. The van der Waals surface area contributed by atoms with E-state index in [4.69, 9.17) is 4.74 Å².